The molecular weight excluding hydrogens is 235 g/mol. The molecule has 1 atom stereocenters. The van der Waals surface area contributed by atoms with E-state index in [2.05, 4.69) is 5.32 Å². The average Bonchev–Trinajstić information content (AvgIpc) is 2.32. The molecule has 0 aliphatic carbocycles. The summed E-state index contributed by atoms with van der Waals surface area (Å²) in [6, 6.07) is 4.32. The van der Waals surface area contributed by atoms with Crippen molar-refractivity contribution in [2.24, 2.45) is 0 Å². The number of aryl methyl sites for hydroxylation is 1. The van der Waals surface area contributed by atoms with Crippen LogP contribution < -0.4 is 5.32 Å². The highest BCUT2D eigenvalue weighted by molar-refractivity contribution is 5.74. The van der Waals surface area contributed by atoms with E-state index in [9.17, 15) is 9.18 Å². The molecule has 1 aromatic carbocycles. The summed E-state index contributed by atoms with van der Waals surface area (Å²) in [7, 11) is 1.59. The molecule has 18 heavy (non-hydrogen) atoms. The summed E-state index contributed by atoms with van der Waals surface area (Å²) in [6.07, 6.45) is 0. The maximum Gasteiger partial charge on any atom is 0.317 e. The number of amides is 2. The quantitative estimate of drug-likeness (QED) is 0.861. The van der Waals surface area contributed by atoms with Crippen LogP contribution in [0.3, 0.4) is 0 Å². The second-order valence-electron chi connectivity index (χ2n) is 4.32. The number of carbonyl (C=O) groups is 1. The predicted molar refractivity (Wildman–Crippen MR) is 67.8 cm³/mol. The Balaban J connectivity index is 2.67. The zero-order valence-electron chi connectivity index (χ0n) is 10.9. The fourth-order valence-electron chi connectivity index (χ4n) is 1.51. The number of hydrogen-bond donors (Lipinski definition) is 2. The fourth-order valence-corrected chi connectivity index (χ4v) is 1.51. The molecule has 0 aromatic heterocycles. The first-order chi connectivity index (χ1) is 8.45. The second kappa shape index (κ2) is 6.35. The van der Waals surface area contributed by atoms with Crippen molar-refractivity contribution in [2.45, 2.75) is 19.9 Å². The van der Waals surface area contributed by atoms with Gasteiger partial charge in [0.25, 0.3) is 0 Å². The number of halogens is 1. The third kappa shape index (κ3) is 3.70. The van der Waals surface area contributed by atoms with Gasteiger partial charge in [-0.1, -0.05) is 12.1 Å². The molecule has 0 aliphatic heterocycles. The van der Waals surface area contributed by atoms with E-state index in [-0.39, 0.29) is 31.0 Å². The van der Waals surface area contributed by atoms with Gasteiger partial charge >= 0.3 is 6.03 Å². The number of hydrogen-bond acceptors (Lipinski definition) is 2. The molecule has 0 saturated heterocycles. The minimum atomic E-state index is -0.294. The van der Waals surface area contributed by atoms with Crippen molar-refractivity contribution in [3.8, 4) is 0 Å². The lowest BCUT2D eigenvalue weighted by Gasteiger charge is -2.21. The maximum atomic E-state index is 13.4. The van der Waals surface area contributed by atoms with Crippen LogP contribution in [0.4, 0.5) is 9.18 Å². The Morgan fingerprint density at radius 2 is 2.22 bits per heavy atom. The number of carbonyl (C=O) groups excluding carboxylic acids is 1. The SMILES string of the molecule is Cc1ccc(C(C)NC(=O)N(C)CCO)cc1F. The molecule has 0 saturated carbocycles. The molecule has 0 radical (unpaired) electrons. The minimum absolute atomic E-state index is 0.0859. The van der Waals surface area contributed by atoms with Crippen LogP contribution in [0.1, 0.15) is 24.1 Å². The average molecular weight is 254 g/mol. The zero-order chi connectivity index (χ0) is 13.7. The van der Waals surface area contributed by atoms with Gasteiger partial charge in [0, 0.05) is 13.6 Å². The van der Waals surface area contributed by atoms with Crippen LogP contribution in [-0.2, 0) is 0 Å². The number of rotatable bonds is 4. The fraction of sp³-hybridized carbons (Fsp3) is 0.462. The first-order valence-corrected chi connectivity index (χ1v) is 5.84. The molecule has 1 unspecified atom stereocenters. The molecule has 0 fully saturated rings. The van der Waals surface area contributed by atoms with Crippen molar-refractivity contribution in [1.29, 1.82) is 0 Å². The Bertz CT molecular complexity index is 423. The number of urea groups is 1. The topological polar surface area (TPSA) is 52.6 Å². The molecule has 0 spiro atoms. The third-order valence-corrected chi connectivity index (χ3v) is 2.82. The van der Waals surface area contributed by atoms with Gasteiger partial charge in [-0.05, 0) is 31.0 Å². The molecule has 2 N–H and O–H groups in total. The lowest BCUT2D eigenvalue weighted by molar-refractivity contribution is 0.188. The van der Waals surface area contributed by atoms with Gasteiger partial charge in [-0.25, -0.2) is 9.18 Å². The van der Waals surface area contributed by atoms with E-state index in [4.69, 9.17) is 5.11 Å². The van der Waals surface area contributed by atoms with Gasteiger partial charge < -0.3 is 15.3 Å². The summed E-state index contributed by atoms with van der Waals surface area (Å²) in [5.41, 5.74) is 1.29. The van der Waals surface area contributed by atoms with E-state index in [1.54, 1.807) is 33.0 Å². The van der Waals surface area contributed by atoms with Gasteiger partial charge in [0.15, 0.2) is 0 Å². The van der Waals surface area contributed by atoms with Crippen molar-refractivity contribution in [3.63, 3.8) is 0 Å². The lowest BCUT2D eigenvalue weighted by Crippen LogP contribution is -2.39. The maximum absolute atomic E-state index is 13.4. The summed E-state index contributed by atoms with van der Waals surface area (Å²) >= 11 is 0. The van der Waals surface area contributed by atoms with E-state index in [1.165, 1.54) is 11.0 Å². The van der Waals surface area contributed by atoms with Gasteiger partial charge in [-0.2, -0.15) is 0 Å². The van der Waals surface area contributed by atoms with Gasteiger partial charge in [0.2, 0.25) is 0 Å². The number of aliphatic hydroxyl groups is 1. The number of aliphatic hydroxyl groups excluding tert-OH is 1. The highest BCUT2D eigenvalue weighted by atomic mass is 19.1. The van der Waals surface area contributed by atoms with E-state index in [0.29, 0.717) is 11.1 Å². The van der Waals surface area contributed by atoms with E-state index < -0.39 is 0 Å². The largest absolute Gasteiger partial charge is 0.395 e. The molecule has 5 heteroatoms. The van der Waals surface area contributed by atoms with Crippen molar-refractivity contribution in [2.75, 3.05) is 20.2 Å². The monoisotopic (exact) mass is 254 g/mol. The molecule has 4 nitrogen and oxygen atoms in total. The van der Waals surface area contributed by atoms with Crippen LogP contribution in [0.5, 0.6) is 0 Å². The number of nitrogens with one attached hydrogen (secondary N) is 1. The Morgan fingerprint density at radius 3 is 2.78 bits per heavy atom. The normalized spacial score (nSPS) is 12.1. The molecule has 0 bridgehead atoms. The molecule has 100 valence electrons. The molecule has 1 rings (SSSR count). The summed E-state index contributed by atoms with van der Waals surface area (Å²) in [6.45, 7) is 3.66. The van der Waals surface area contributed by atoms with Crippen LogP contribution in [0.15, 0.2) is 18.2 Å². The number of likely N-dealkylation sites (N-methyl/N-ethyl adjacent to an activating group) is 1. The van der Waals surface area contributed by atoms with Crippen LogP contribution >= 0.6 is 0 Å². The van der Waals surface area contributed by atoms with Gasteiger partial charge in [0.05, 0.1) is 12.6 Å². The molecule has 2 amide bonds. The Morgan fingerprint density at radius 1 is 1.56 bits per heavy atom. The second-order valence-corrected chi connectivity index (χ2v) is 4.32. The van der Waals surface area contributed by atoms with E-state index in [1.807, 2.05) is 0 Å². The molecule has 1 aromatic rings. The van der Waals surface area contributed by atoms with Gasteiger partial charge in [0.1, 0.15) is 5.82 Å². The van der Waals surface area contributed by atoms with Gasteiger partial charge in [-0.15, -0.1) is 0 Å². The number of benzene rings is 1. The van der Waals surface area contributed by atoms with Crippen molar-refractivity contribution >= 4 is 6.03 Å². The molecule has 0 heterocycles. The van der Waals surface area contributed by atoms with Crippen LogP contribution in [0.25, 0.3) is 0 Å². The molecular formula is C13H19FN2O2. The van der Waals surface area contributed by atoms with E-state index in [0.717, 1.165) is 0 Å². The zero-order valence-corrected chi connectivity index (χ0v) is 10.9. The first-order valence-electron chi connectivity index (χ1n) is 5.84. The summed E-state index contributed by atoms with van der Waals surface area (Å²) in [5.74, 6) is -0.280. The van der Waals surface area contributed by atoms with Crippen LogP contribution in [0, 0.1) is 12.7 Å². The van der Waals surface area contributed by atoms with Crippen molar-refractivity contribution in [3.05, 3.63) is 35.1 Å². The summed E-state index contributed by atoms with van der Waals surface area (Å²) in [4.78, 5) is 13.1. The smallest absolute Gasteiger partial charge is 0.317 e. The van der Waals surface area contributed by atoms with E-state index >= 15 is 0 Å². The Kier molecular flexibility index (Phi) is 5.09. The highest BCUT2D eigenvalue weighted by Crippen LogP contribution is 2.16. The van der Waals surface area contributed by atoms with Crippen molar-refractivity contribution < 1.29 is 14.3 Å². The number of nitrogens with zero attached hydrogens (tertiary/aromatic N) is 1. The summed E-state index contributed by atoms with van der Waals surface area (Å²) < 4.78 is 13.4. The molecule has 0 aliphatic rings. The summed E-state index contributed by atoms with van der Waals surface area (Å²) in [5, 5.41) is 11.5. The predicted octanol–water partition coefficient (Wildman–Crippen LogP) is 1.83. The first kappa shape index (κ1) is 14.4. The van der Waals surface area contributed by atoms with Crippen LogP contribution in [-0.4, -0.2) is 36.2 Å². The minimum Gasteiger partial charge on any atom is -0.395 e. The van der Waals surface area contributed by atoms with Gasteiger partial charge in [-0.3, -0.25) is 0 Å². The van der Waals surface area contributed by atoms with Crippen LogP contribution in [0.2, 0.25) is 0 Å². The Hall–Kier alpha value is -1.62. The highest BCUT2D eigenvalue weighted by Gasteiger charge is 2.13. The lowest BCUT2D eigenvalue weighted by atomic mass is 10.1. The van der Waals surface area contributed by atoms with Crippen molar-refractivity contribution in [1.82, 2.24) is 10.2 Å². The standard InChI is InChI=1S/C13H19FN2O2/c1-9-4-5-11(8-12(9)14)10(2)15-13(18)16(3)6-7-17/h4-5,8,10,17H,6-7H2,1-3H3,(H,15,18). The Labute approximate surface area is 106 Å². The third-order valence-electron chi connectivity index (χ3n) is 2.82.